The molecule has 6 rings (SSSR count). The molecule has 178 valence electrons. The zero-order valence-corrected chi connectivity index (χ0v) is 19.1. The largest absolute Gasteiger partial charge is 0.462 e. The molecule has 36 heavy (non-hydrogen) atoms. The molecule has 0 bridgehead atoms. The minimum absolute atomic E-state index is 0.0472. The van der Waals surface area contributed by atoms with Gasteiger partial charge in [-0.25, -0.2) is 14.4 Å². The van der Waals surface area contributed by atoms with E-state index in [9.17, 15) is 14.4 Å². The fourth-order valence-corrected chi connectivity index (χ4v) is 4.84. The molecule has 8 heteroatoms. The molecule has 1 aliphatic heterocycles. The number of ether oxygens (including phenoxy) is 2. The second-order valence-electron chi connectivity index (χ2n) is 8.35. The molecule has 3 aromatic carbocycles. The van der Waals surface area contributed by atoms with Crippen LogP contribution in [0.2, 0.25) is 0 Å². The fraction of sp³-hybridized carbons (Fsp3) is 0.107. The molecule has 8 nitrogen and oxygen atoms in total. The Morgan fingerprint density at radius 1 is 0.944 bits per heavy atom. The van der Waals surface area contributed by atoms with Crippen molar-refractivity contribution in [2.45, 2.75) is 12.8 Å². The summed E-state index contributed by atoms with van der Waals surface area (Å²) in [6, 6.07) is 19.2. The standard InChI is InChI=1S/C28H19NO7/c1-2-33-27(31)23-21(22-25(36-26(23)29)17-9-5-6-10-19(17)34-28(22)32)18-13-20(30)35-24-15-8-4-3-7-14(15)11-12-16(18)24/h3-13,21H,2,29H2,1H3. The Bertz CT molecular complexity index is 1860. The van der Waals surface area contributed by atoms with Crippen LogP contribution in [-0.2, 0) is 9.53 Å². The van der Waals surface area contributed by atoms with Crippen molar-refractivity contribution >= 4 is 38.7 Å². The summed E-state index contributed by atoms with van der Waals surface area (Å²) in [4.78, 5) is 39.3. The Hall–Kier alpha value is -4.85. The number of carbonyl (C=O) groups excluding carboxylic acids is 1. The van der Waals surface area contributed by atoms with E-state index in [0.29, 0.717) is 32.9 Å². The number of hydrogen-bond donors (Lipinski definition) is 1. The second-order valence-corrected chi connectivity index (χ2v) is 8.35. The number of rotatable bonds is 3. The van der Waals surface area contributed by atoms with E-state index in [-0.39, 0.29) is 29.4 Å². The van der Waals surface area contributed by atoms with Gasteiger partial charge in [0.1, 0.15) is 16.7 Å². The van der Waals surface area contributed by atoms with Gasteiger partial charge in [0.15, 0.2) is 5.75 Å². The van der Waals surface area contributed by atoms with Gasteiger partial charge >= 0.3 is 17.2 Å². The number of para-hydroxylation sites is 1. The lowest BCUT2D eigenvalue weighted by Gasteiger charge is -2.28. The van der Waals surface area contributed by atoms with Crippen LogP contribution in [0.25, 0.3) is 32.7 Å². The second kappa shape index (κ2) is 8.13. The summed E-state index contributed by atoms with van der Waals surface area (Å²) in [5.74, 6) is -1.91. The number of benzene rings is 3. The molecule has 5 aromatic rings. The van der Waals surface area contributed by atoms with Crippen LogP contribution in [0.15, 0.2) is 96.6 Å². The predicted molar refractivity (Wildman–Crippen MR) is 133 cm³/mol. The van der Waals surface area contributed by atoms with E-state index >= 15 is 0 Å². The zero-order valence-electron chi connectivity index (χ0n) is 19.1. The first-order valence-corrected chi connectivity index (χ1v) is 11.3. The van der Waals surface area contributed by atoms with Crippen molar-refractivity contribution in [2.24, 2.45) is 5.73 Å². The Labute approximate surface area is 203 Å². The van der Waals surface area contributed by atoms with Crippen LogP contribution in [0, 0.1) is 0 Å². The first-order chi connectivity index (χ1) is 17.5. The van der Waals surface area contributed by atoms with Crippen molar-refractivity contribution in [3.63, 3.8) is 0 Å². The lowest BCUT2D eigenvalue weighted by atomic mass is 9.81. The van der Waals surface area contributed by atoms with Crippen molar-refractivity contribution in [2.75, 3.05) is 6.61 Å². The van der Waals surface area contributed by atoms with Crippen molar-refractivity contribution in [3.05, 3.63) is 110 Å². The van der Waals surface area contributed by atoms with Crippen LogP contribution in [0.1, 0.15) is 24.0 Å². The third kappa shape index (κ3) is 3.19. The third-order valence-electron chi connectivity index (χ3n) is 6.33. The van der Waals surface area contributed by atoms with Gasteiger partial charge in [0, 0.05) is 16.8 Å². The highest BCUT2D eigenvalue weighted by molar-refractivity contribution is 6.06. The summed E-state index contributed by atoms with van der Waals surface area (Å²) in [5.41, 5.74) is 5.87. The van der Waals surface area contributed by atoms with Crippen LogP contribution in [0.4, 0.5) is 0 Å². The van der Waals surface area contributed by atoms with Crippen LogP contribution < -0.4 is 21.7 Å². The fourth-order valence-electron chi connectivity index (χ4n) is 4.84. The Morgan fingerprint density at radius 2 is 1.69 bits per heavy atom. The summed E-state index contributed by atoms with van der Waals surface area (Å²) in [5, 5.41) is 2.61. The molecule has 0 fully saturated rings. The molecule has 0 saturated heterocycles. The zero-order chi connectivity index (χ0) is 25.0. The Morgan fingerprint density at radius 3 is 2.50 bits per heavy atom. The van der Waals surface area contributed by atoms with Crippen LogP contribution in [-0.4, -0.2) is 12.6 Å². The minimum atomic E-state index is -1.10. The highest BCUT2D eigenvalue weighted by Gasteiger charge is 2.40. The van der Waals surface area contributed by atoms with Gasteiger partial charge < -0.3 is 24.0 Å². The van der Waals surface area contributed by atoms with E-state index in [1.807, 2.05) is 30.3 Å². The summed E-state index contributed by atoms with van der Waals surface area (Å²) < 4.78 is 22.3. The lowest BCUT2D eigenvalue weighted by molar-refractivity contribution is -0.139. The smallest absolute Gasteiger partial charge is 0.344 e. The van der Waals surface area contributed by atoms with Crippen molar-refractivity contribution in [1.29, 1.82) is 0 Å². The molecular weight excluding hydrogens is 462 g/mol. The van der Waals surface area contributed by atoms with Gasteiger partial charge in [-0.3, -0.25) is 0 Å². The first-order valence-electron chi connectivity index (χ1n) is 11.3. The van der Waals surface area contributed by atoms with Gasteiger partial charge in [0.2, 0.25) is 5.88 Å². The van der Waals surface area contributed by atoms with Crippen LogP contribution in [0.5, 0.6) is 5.75 Å². The van der Waals surface area contributed by atoms with Gasteiger partial charge in [-0.05, 0) is 30.0 Å². The maximum absolute atomic E-state index is 13.4. The van der Waals surface area contributed by atoms with Crippen molar-refractivity contribution < 1.29 is 23.1 Å². The third-order valence-corrected chi connectivity index (χ3v) is 6.33. The summed E-state index contributed by atoms with van der Waals surface area (Å²) in [6.07, 6.45) is 0. The summed E-state index contributed by atoms with van der Waals surface area (Å²) in [7, 11) is 0. The predicted octanol–water partition coefficient (Wildman–Crippen LogP) is 4.31. The number of nitrogens with two attached hydrogens (primary N) is 1. The molecule has 1 atom stereocenters. The first kappa shape index (κ1) is 21.7. The minimum Gasteiger partial charge on any atom is -0.462 e. The topological polar surface area (TPSA) is 122 Å². The van der Waals surface area contributed by atoms with Gasteiger partial charge in [-0.15, -0.1) is 0 Å². The number of esters is 1. The van der Waals surface area contributed by atoms with Gasteiger partial charge in [-0.2, -0.15) is 0 Å². The van der Waals surface area contributed by atoms with Gasteiger partial charge in [0.05, 0.1) is 23.5 Å². The van der Waals surface area contributed by atoms with E-state index < -0.39 is 23.1 Å². The van der Waals surface area contributed by atoms with Crippen molar-refractivity contribution in [1.82, 2.24) is 0 Å². The van der Waals surface area contributed by atoms with Gasteiger partial charge in [0.25, 0.3) is 0 Å². The normalized spacial score (nSPS) is 15.2. The number of fused-ring (bicyclic) bond motifs is 6. The highest BCUT2D eigenvalue weighted by Crippen LogP contribution is 2.45. The molecule has 1 unspecified atom stereocenters. The lowest BCUT2D eigenvalue weighted by Crippen LogP contribution is -2.31. The van der Waals surface area contributed by atoms with E-state index in [2.05, 4.69) is 0 Å². The van der Waals surface area contributed by atoms with E-state index in [0.717, 1.165) is 5.39 Å². The summed E-state index contributed by atoms with van der Waals surface area (Å²) in [6.45, 7) is 1.73. The molecular formula is C28H19NO7. The maximum atomic E-state index is 13.4. The molecule has 0 radical (unpaired) electrons. The molecule has 0 amide bonds. The highest BCUT2D eigenvalue weighted by atomic mass is 16.5. The molecule has 2 N–H and O–H groups in total. The Kier molecular flexibility index (Phi) is 4.89. The van der Waals surface area contributed by atoms with Crippen molar-refractivity contribution in [3.8, 4) is 5.75 Å². The van der Waals surface area contributed by atoms with E-state index in [4.69, 9.17) is 24.0 Å². The molecule has 0 aliphatic carbocycles. The monoisotopic (exact) mass is 481 g/mol. The van der Waals surface area contributed by atoms with Gasteiger partial charge in [-0.1, -0.05) is 48.5 Å². The van der Waals surface area contributed by atoms with Crippen LogP contribution >= 0.6 is 0 Å². The SMILES string of the molecule is CCOC(=O)C1=C(N)Oc2c(c(=O)oc3ccccc23)C1c1cc(=O)oc2c1ccc1ccccc12. The summed E-state index contributed by atoms with van der Waals surface area (Å²) >= 11 is 0. The molecule has 2 aromatic heterocycles. The van der Waals surface area contributed by atoms with Crippen LogP contribution in [0.3, 0.4) is 0 Å². The Balaban J connectivity index is 1.75. The van der Waals surface area contributed by atoms with E-state index in [1.165, 1.54) is 6.07 Å². The average molecular weight is 481 g/mol. The number of carbonyl (C=O) groups is 1. The maximum Gasteiger partial charge on any atom is 0.344 e. The molecule has 3 heterocycles. The molecule has 0 saturated carbocycles. The number of hydrogen-bond acceptors (Lipinski definition) is 8. The molecule has 0 spiro atoms. The van der Waals surface area contributed by atoms with E-state index in [1.54, 1.807) is 37.3 Å². The average Bonchev–Trinajstić information content (AvgIpc) is 2.87. The quantitative estimate of drug-likeness (QED) is 0.230. The molecule has 1 aliphatic rings.